The highest BCUT2D eigenvalue weighted by Crippen LogP contribution is 2.18. The average Bonchev–Trinajstić information content (AvgIpc) is 2.40. The van der Waals surface area contributed by atoms with Gasteiger partial charge in [-0.3, -0.25) is 0 Å². The van der Waals surface area contributed by atoms with Crippen molar-refractivity contribution < 1.29 is 0 Å². The molecule has 18 heavy (non-hydrogen) atoms. The highest BCUT2D eigenvalue weighted by molar-refractivity contribution is 6.31. The summed E-state index contributed by atoms with van der Waals surface area (Å²) in [6.45, 7) is 0. The van der Waals surface area contributed by atoms with Crippen molar-refractivity contribution >= 4 is 34.0 Å². The molecule has 2 heteroatoms. The molecule has 0 aromatic heterocycles. The summed E-state index contributed by atoms with van der Waals surface area (Å²) in [4.78, 5) is 0. The number of halogens is 2. The van der Waals surface area contributed by atoms with E-state index in [0.29, 0.717) is 0 Å². The normalized spacial score (nSPS) is 9.67. The summed E-state index contributed by atoms with van der Waals surface area (Å²) in [6, 6.07) is 23.5. The molecule has 0 aliphatic carbocycles. The van der Waals surface area contributed by atoms with E-state index in [4.69, 9.17) is 23.2 Å². The van der Waals surface area contributed by atoms with Crippen LogP contribution in [0.4, 0.5) is 0 Å². The van der Waals surface area contributed by atoms with Gasteiger partial charge in [-0.2, -0.15) is 0 Å². The molecule has 0 spiro atoms. The van der Waals surface area contributed by atoms with Gasteiger partial charge in [-0.1, -0.05) is 71.7 Å². The Morgan fingerprint density at radius 2 is 1.11 bits per heavy atom. The molecule has 0 heterocycles. The van der Waals surface area contributed by atoms with Crippen LogP contribution in [0.5, 0.6) is 0 Å². The lowest BCUT2D eigenvalue weighted by Crippen LogP contribution is -1.69. The Morgan fingerprint density at radius 3 is 1.72 bits per heavy atom. The van der Waals surface area contributed by atoms with Gasteiger partial charge in [0.15, 0.2) is 0 Å². The van der Waals surface area contributed by atoms with Gasteiger partial charge in [-0.05, 0) is 35.0 Å². The molecule has 0 saturated heterocycles. The van der Waals surface area contributed by atoms with Crippen molar-refractivity contribution in [1.82, 2.24) is 0 Å². The Morgan fingerprint density at radius 1 is 0.500 bits per heavy atom. The van der Waals surface area contributed by atoms with E-state index in [1.807, 2.05) is 60.7 Å². The van der Waals surface area contributed by atoms with Crippen molar-refractivity contribution in [3.8, 4) is 0 Å². The predicted octanol–water partition coefficient (Wildman–Crippen LogP) is 5.83. The molecular formula is C16H12Cl2. The molecule has 0 unspecified atom stereocenters. The van der Waals surface area contributed by atoms with Crippen LogP contribution in [-0.4, -0.2) is 0 Å². The summed E-state index contributed by atoms with van der Waals surface area (Å²) < 4.78 is 0. The van der Waals surface area contributed by atoms with E-state index in [0.717, 1.165) is 10.0 Å². The van der Waals surface area contributed by atoms with Crippen LogP contribution in [0.15, 0.2) is 72.8 Å². The third kappa shape index (κ3) is 3.76. The maximum Gasteiger partial charge on any atom is 0.0412 e. The third-order valence-corrected chi connectivity index (χ3v) is 2.93. The van der Waals surface area contributed by atoms with E-state index in [1.165, 1.54) is 10.8 Å². The second-order valence-electron chi connectivity index (χ2n) is 3.79. The lowest BCUT2D eigenvalue weighted by molar-refractivity contribution is 1.71. The molecule has 0 saturated carbocycles. The Bertz CT molecular complexity index is 618. The second kappa shape index (κ2) is 6.44. The highest BCUT2D eigenvalue weighted by atomic mass is 35.5. The van der Waals surface area contributed by atoms with Crippen molar-refractivity contribution in [2.45, 2.75) is 0 Å². The highest BCUT2D eigenvalue weighted by Gasteiger charge is 1.90. The number of fused-ring (bicyclic) bond motifs is 1. The minimum Gasteiger partial charge on any atom is -0.0843 e. The van der Waals surface area contributed by atoms with Crippen LogP contribution >= 0.6 is 23.2 Å². The predicted molar refractivity (Wildman–Crippen MR) is 80.4 cm³/mol. The summed E-state index contributed by atoms with van der Waals surface area (Å²) in [5.74, 6) is 0. The van der Waals surface area contributed by atoms with Crippen molar-refractivity contribution in [2.24, 2.45) is 0 Å². The summed E-state index contributed by atoms with van der Waals surface area (Å²) >= 11 is 11.4. The van der Waals surface area contributed by atoms with Crippen LogP contribution in [0, 0.1) is 0 Å². The Balaban J connectivity index is 0.000000149. The molecule has 3 aromatic carbocycles. The van der Waals surface area contributed by atoms with Gasteiger partial charge < -0.3 is 0 Å². The summed E-state index contributed by atoms with van der Waals surface area (Å²) in [6.07, 6.45) is 0. The largest absolute Gasteiger partial charge is 0.0843 e. The van der Waals surface area contributed by atoms with Crippen LogP contribution in [0.25, 0.3) is 10.8 Å². The number of benzene rings is 3. The van der Waals surface area contributed by atoms with Crippen LogP contribution in [-0.2, 0) is 0 Å². The zero-order valence-electron chi connectivity index (χ0n) is 9.68. The van der Waals surface area contributed by atoms with Crippen LogP contribution in [0.1, 0.15) is 0 Å². The Hall–Kier alpha value is -1.50. The monoisotopic (exact) mass is 274 g/mol. The van der Waals surface area contributed by atoms with Gasteiger partial charge in [0, 0.05) is 10.0 Å². The van der Waals surface area contributed by atoms with Gasteiger partial charge in [-0.15, -0.1) is 0 Å². The smallest absolute Gasteiger partial charge is 0.0412 e. The lowest BCUT2D eigenvalue weighted by atomic mass is 10.1. The van der Waals surface area contributed by atoms with Gasteiger partial charge in [0.1, 0.15) is 0 Å². The first-order valence-corrected chi connectivity index (χ1v) is 6.36. The fraction of sp³-hybridized carbons (Fsp3) is 0. The van der Waals surface area contributed by atoms with E-state index in [9.17, 15) is 0 Å². The van der Waals surface area contributed by atoms with E-state index in [-0.39, 0.29) is 0 Å². The first-order valence-electron chi connectivity index (χ1n) is 5.60. The third-order valence-electron chi connectivity index (χ3n) is 2.44. The fourth-order valence-electron chi connectivity index (χ4n) is 1.57. The van der Waals surface area contributed by atoms with Gasteiger partial charge in [-0.25, -0.2) is 0 Å². The fourth-order valence-corrected chi connectivity index (χ4v) is 1.90. The van der Waals surface area contributed by atoms with Gasteiger partial charge in [0.05, 0.1) is 0 Å². The SMILES string of the molecule is Clc1ccc2ccccc2c1.Clc1ccccc1. The molecule has 90 valence electrons. The first kappa shape index (κ1) is 12.9. The number of hydrogen-bond acceptors (Lipinski definition) is 0. The van der Waals surface area contributed by atoms with Crippen LogP contribution < -0.4 is 0 Å². The van der Waals surface area contributed by atoms with Gasteiger partial charge in [0.25, 0.3) is 0 Å². The average molecular weight is 275 g/mol. The van der Waals surface area contributed by atoms with E-state index in [1.54, 1.807) is 0 Å². The molecule has 3 rings (SSSR count). The maximum atomic E-state index is 5.82. The molecule has 0 atom stereocenters. The standard InChI is InChI=1S/C10H7Cl.C6H5Cl/c11-10-6-5-8-3-1-2-4-9(8)7-10;7-6-4-2-1-3-5-6/h1-7H;1-5H. The summed E-state index contributed by atoms with van der Waals surface area (Å²) in [5.41, 5.74) is 0. The zero-order chi connectivity index (χ0) is 12.8. The summed E-state index contributed by atoms with van der Waals surface area (Å²) in [5, 5.41) is 4.02. The van der Waals surface area contributed by atoms with E-state index in [2.05, 4.69) is 12.1 Å². The number of rotatable bonds is 0. The molecule has 0 fully saturated rings. The molecule has 3 aromatic rings. The van der Waals surface area contributed by atoms with Crippen molar-refractivity contribution in [2.75, 3.05) is 0 Å². The first-order chi connectivity index (χ1) is 8.75. The summed E-state index contributed by atoms with van der Waals surface area (Å²) in [7, 11) is 0. The molecule has 0 radical (unpaired) electrons. The van der Waals surface area contributed by atoms with Crippen molar-refractivity contribution in [3.63, 3.8) is 0 Å². The van der Waals surface area contributed by atoms with Crippen molar-refractivity contribution in [3.05, 3.63) is 82.8 Å². The minimum absolute atomic E-state index is 0.794. The Kier molecular flexibility index (Phi) is 4.63. The quantitative estimate of drug-likeness (QED) is 0.484. The second-order valence-corrected chi connectivity index (χ2v) is 4.66. The molecule has 0 aliphatic rings. The molecule has 0 bridgehead atoms. The zero-order valence-corrected chi connectivity index (χ0v) is 11.2. The van der Waals surface area contributed by atoms with Gasteiger partial charge in [0.2, 0.25) is 0 Å². The van der Waals surface area contributed by atoms with Crippen LogP contribution in [0.3, 0.4) is 0 Å². The minimum atomic E-state index is 0.794. The van der Waals surface area contributed by atoms with Crippen LogP contribution in [0.2, 0.25) is 10.0 Å². The molecule has 0 amide bonds. The Labute approximate surface area is 117 Å². The van der Waals surface area contributed by atoms with Gasteiger partial charge >= 0.3 is 0 Å². The van der Waals surface area contributed by atoms with Crippen molar-refractivity contribution in [1.29, 1.82) is 0 Å². The lowest BCUT2D eigenvalue weighted by Gasteiger charge is -1.95. The molecular weight excluding hydrogens is 263 g/mol. The topological polar surface area (TPSA) is 0 Å². The van der Waals surface area contributed by atoms with E-state index < -0.39 is 0 Å². The molecule has 0 aliphatic heterocycles. The number of hydrogen-bond donors (Lipinski definition) is 0. The molecule has 0 nitrogen and oxygen atoms in total. The molecule has 0 N–H and O–H groups in total. The van der Waals surface area contributed by atoms with E-state index >= 15 is 0 Å². The maximum absolute atomic E-state index is 5.82.